The lowest BCUT2D eigenvalue weighted by molar-refractivity contribution is -0.160. The molecule has 3 aromatic rings. The number of carbonyl (C=O) groups excluding carboxylic acids is 3. The Kier molecular flexibility index (Phi) is 11.3. The van der Waals surface area contributed by atoms with Crippen molar-refractivity contribution < 1.29 is 37.0 Å². The molecule has 1 fully saturated rings. The Labute approximate surface area is 285 Å². The fourth-order valence-corrected chi connectivity index (χ4v) is 5.95. The van der Waals surface area contributed by atoms with Crippen LogP contribution < -0.4 is 0 Å². The first-order chi connectivity index (χ1) is 22.9. The maximum atomic E-state index is 15.8. The SMILES string of the molecule is C=CC(C)(C)C(c1nc(-c2cc(F)ccc2F)cn1Cc1ccccc1)N(CC1CN(C(=O)OC(C)(C)C)CC1F)C(=O)C(C)OC(C)=O. The maximum absolute atomic E-state index is 15.8. The van der Waals surface area contributed by atoms with Gasteiger partial charge in [0.25, 0.3) is 5.91 Å². The minimum atomic E-state index is -1.51. The van der Waals surface area contributed by atoms with E-state index in [2.05, 4.69) is 6.58 Å². The highest BCUT2D eigenvalue weighted by molar-refractivity contribution is 5.83. The average Bonchev–Trinajstić information content (AvgIpc) is 3.59. The van der Waals surface area contributed by atoms with Gasteiger partial charge >= 0.3 is 12.1 Å². The number of likely N-dealkylation sites (tertiary alicyclic amines) is 1. The molecule has 9 nitrogen and oxygen atoms in total. The molecule has 0 bridgehead atoms. The van der Waals surface area contributed by atoms with Crippen molar-refractivity contribution in [2.24, 2.45) is 11.3 Å². The number of aromatic nitrogens is 2. The number of hydrogen-bond acceptors (Lipinski definition) is 6. The Bertz CT molecular complexity index is 1670. The van der Waals surface area contributed by atoms with Gasteiger partial charge < -0.3 is 23.8 Å². The van der Waals surface area contributed by atoms with Crippen LogP contribution in [0.3, 0.4) is 0 Å². The molecule has 0 spiro atoms. The molecule has 0 radical (unpaired) electrons. The number of ether oxygens (including phenoxy) is 2. The minimum Gasteiger partial charge on any atom is -0.453 e. The fourth-order valence-electron chi connectivity index (χ4n) is 5.95. The highest BCUT2D eigenvalue weighted by atomic mass is 19.1. The molecular weight excluding hydrogens is 637 g/mol. The number of amides is 2. The van der Waals surface area contributed by atoms with Gasteiger partial charge in [-0.15, -0.1) is 6.58 Å². The number of nitrogens with zero attached hydrogens (tertiary/aromatic N) is 4. The van der Waals surface area contributed by atoms with Crippen LogP contribution in [0.1, 0.15) is 65.9 Å². The molecule has 4 rings (SSSR count). The number of hydrogen-bond donors (Lipinski definition) is 0. The van der Waals surface area contributed by atoms with Crippen LogP contribution in [0.2, 0.25) is 0 Å². The van der Waals surface area contributed by atoms with Crippen molar-refractivity contribution in [2.45, 2.75) is 78.9 Å². The molecule has 0 aliphatic carbocycles. The van der Waals surface area contributed by atoms with Gasteiger partial charge in [0.05, 0.1) is 18.3 Å². The molecule has 2 amide bonds. The first-order valence-electron chi connectivity index (χ1n) is 16.2. The third-order valence-electron chi connectivity index (χ3n) is 8.41. The molecule has 1 aliphatic rings. The number of rotatable bonds is 11. The van der Waals surface area contributed by atoms with Crippen molar-refractivity contribution in [1.29, 1.82) is 0 Å². The number of esters is 1. The Morgan fingerprint density at radius 1 is 1.08 bits per heavy atom. The van der Waals surface area contributed by atoms with Gasteiger partial charge in [-0.1, -0.05) is 50.3 Å². The van der Waals surface area contributed by atoms with Crippen LogP contribution in [0.5, 0.6) is 0 Å². The first kappa shape index (κ1) is 37.2. The Balaban J connectivity index is 1.88. The zero-order valence-corrected chi connectivity index (χ0v) is 29.1. The van der Waals surface area contributed by atoms with E-state index in [0.717, 1.165) is 23.8 Å². The van der Waals surface area contributed by atoms with Crippen molar-refractivity contribution in [2.75, 3.05) is 19.6 Å². The molecule has 49 heavy (non-hydrogen) atoms. The van der Waals surface area contributed by atoms with Gasteiger partial charge in [-0.05, 0) is 51.5 Å². The molecule has 12 heteroatoms. The molecule has 0 N–H and O–H groups in total. The van der Waals surface area contributed by atoms with E-state index in [1.165, 1.54) is 23.6 Å². The molecule has 264 valence electrons. The van der Waals surface area contributed by atoms with Crippen LogP contribution in [0, 0.1) is 23.0 Å². The van der Waals surface area contributed by atoms with E-state index >= 15 is 8.78 Å². The lowest BCUT2D eigenvalue weighted by Crippen LogP contribution is -2.50. The van der Waals surface area contributed by atoms with Gasteiger partial charge in [0.15, 0.2) is 6.10 Å². The quantitative estimate of drug-likeness (QED) is 0.158. The summed E-state index contributed by atoms with van der Waals surface area (Å²) < 4.78 is 57.8. The topological polar surface area (TPSA) is 94.0 Å². The standard InChI is InChI=1S/C37H45F3N4O5/c1-9-37(7,8)32(33-41-31(28-17-27(38)15-16-29(28)39)22-42(33)18-25-13-11-10-12-14-25)44(34(46)23(2)48-24(3)45)20-26-19-43(21-30(26)40)35(47)49-36(4,5)6/h9-17,22-23,26,30,32H,1,18-21H2,2-8H3. The minimum absolute atomic E-state index is 0.0404. The van der Waals surface area contributed by atoms with Crippen LogP contribution >= 0.6 is 0 Å². The second-order valence-electron chi connectivity index (χ2n) is 14.1. The first-order valence-corrected chi connectivity index (χ1v) is 16.2. The molecular formula is C37H45F3N4O5. The predicted octanol–water partition coefficient (Wildman–Crippen LogP) is 7.12. The van der Waals surface area contributed by atoms with E-state index in [0.29, 0.717) is 0 Å². The maximum Gasteiger partial charge on any atom is 0.410 e. The molecule has 4 unspecified atom stereocenters. The van der Waals surface area contributed by atoms with E-state index in [1.54, 1.807) is 37.6 Å². The van der Waals surface area contributed by atoms with Gasteiger partial charge in [0, 0.05) is 49.7 Å². The van der Waals surface area contributed by atoms with Crippen molar-refractivity contribution in [1.82, 2.24) is 19.4 Å². The van der Waals surface area contributed by atoms with Crippen LogP contribution in [-0.2, 0) is 25.6 Å². The third kappa shape index (κ3) is 9.10. The summed E-state index contributed by atoms with van der Waals surface area (Å²) in [5.41, 5.74) is -0.855. The smallest absolute Gasteiger partial charge is 0.410 e. The third-order valence-corrected chi connectivity index (χ3v) is 8.41. The Hall–Kier alpha value is -4.61. The highest BCUT2D eigenvalue weighted by Crippen LogP contribution is 2.42. The monoisotopic (exact) mass is 682 g/mol. The Morgan fingerprint density at radius 2 is 1.76 bits per heavy atom. The number of alkyl halides is 1. The average molecular weight is 683 g/mol. The molecule has 1 aliphatic heterocycles. The van der Waals surface area contributed by atoms with Crippen molar-refractivity contribution >= 4 is 18.0 Å². The zero-order chi connectivity index (χ0) is 36.3. The summed E-state index contributed by atoms with van der Waals surface area (Å²) in [5, 5.41) is 0. The summed E-state index contributed by atoms with van der Waals surface area (Å²) >= 11 is 0. The molecule has 2 aromatic carbocycles. The van der Waals surface area contributed by atoms with E-state index < -0.39 is 64.9 Å². The van der Waals surface area contributed by atoms with Crippen LogP contribution in [-0.4, -0.2) is 74.8 Å². The van der Waals surface area contributed by atoms with Gasteiger partial charge in [-0.3, -0.25) is 9.59 Å². The number of benzene rings is 2. The van der Waals surface area contributed by atoms with Gasteiger partial charge in [-0.25, -0.2) is 22.9 Å². The number of carbonyl (C=O) groups is 3. The second-order valence-corrected chi connectivity index (χ2v) is 14.1. The van der Waals surface area contributed by atoms with E-state index in [1.807, 2.05) is 44.2 Å². The van der Waals surface area contributed by atoms with E-state index in [4.69, 9.17) is 14.5 Å². The normalized spacial score (nSPS) is 17.7. The summed E-state index contributed by atoms with van der Waals surface area (Å²) in [5.74, 6) is -3.23. The molecule has 1 aromatic heterocycles. The summed E-state index contributed by atoms with van der Waals surface area (Å²) in [6.07, 6.45) is -0.234. The van der Waals surface area contributed by atoms with Crippen LogP contribution in [0.15, 0.2) is 67.4 Å². The zero-order valence-electron chi connectivity index (χ0n) is 29.1. The second kappa shape index (κ2) is 14.9. The highest BCUT2D eigenvalue weighted by Gasteiger charge is 2.45. The largest absolute Gasteiger partial charge is 0.453 e. The number of halogens is 3. The van der Waals surface area contributed by atoms with Gasteiger partial charge in [0.1, 0.15) is 29.2 Å². The summed E-state index contributed by atoms with van der Waals surface area (Å²) in [6.45, 7) is 15.2. The van der Waals surface area contributed by atoms with E-state index in [9.17, 15) is 18.8 Å². The van der Waals surface area contributed by atoms with Gasteiger partial charge in [-0.2, -0.15) is 0 Å². The lowest BCUT2D eigenvalue weighted by Gasteiger charge is -2.42. The van der Waals surface area contributed by atoms with E-state index in [-0.39, 0.29) is 43.3 Å². The summed E-state index contributed by atoms with van der Waals surface area (Å²) in [7, 11) is 0. The summed E-state index contributed by atoms with van der Waals surface area (Å²) in [6, 6.07) is 11.5. The van der Waals surface area contributed by atoms with Gasteiger partial charge in [0.2, 0.25) is 0 Å². The number of imidazole rings is 1. The Morgan fingerprint density at radius 3 is 2.37 bits per heavy atom. The predicted molar refractivity (Wildman–Crippen MR) is 179 cm³/mol. The van der Waals surface area contributed by atoms with Crippen molar-refractivity contribution in [3.05, 3.63) is 90.4 Å². The summed E-state index contributed by atoms with van der Waals surface area (Å²) in [4.78, 5) is 46.7. The van der Waals surface area contributed by atoms with Crippen LogP contribution in [0.4, 0.5) is 18.0 Å². The van der Waals surface area contributed by atoms with Crippen LogP contribution in [0.25, 0.3) is 11.3 Å². The molecule has 1 saturated heterocycles. The van der Waals surface area contributed by atoms with Crippen molar-refractivity contribution in [3.63, 3.8) is 0 Å². The molecule has 2 heterocycles. The fraction of sp³-hybridized carbons (Fsp3) is 0.459. The van der Waals surface area contributed by atoms with Crippen molar-refractivity contribution in [3.8, 4) is 11.3 Å². The lowest BCUT2D eigenvalue weighted by atomic mass is 9.82. The molecule has 0 saturated carbocycles. The molecule has 4 atom stereocenters.